The van der Waals surface area contributed by atoms with E-state index >= 15 is 0 Å². The molecular weight excluding hydrogens is 174 g/mol. The van der Waals surface area contributed by atoms with Gasteiger partial charge in [-0.15, -0.1) is 0 Å². The van der Waals surface area contributed by atoms with E-state index in [1.54, 1.807) is 0 Å². The van der Waals surface area contributed by atoms with Crippen molar-refractivity contribution >= 4 is 11.6 Å². The zero-order chi connectivity index (χ0) is 9.97. The third-order valence-electron chi connectivity index (χ3n) is 2.50. The van der Waals surface area contributed by atoms with E-state index in [1.165, 1.54) is 5.56 Å². The molecule has 1 aromatic carbocycles. The van der Waals surface area contributed by atoms with Crippen LogP contribution in [0, 0.1) is 0 Å². The number of aryl methyl sites for hydroxylation is 1. The molecule has 0 bridgehead atoms. The van der Waals surface area contributed by atoms with Gasteiger partial charge in [0.1, 0.15) is 0 Å². The van der Waals surface area contributed by atoms with Crippen molar-refractivity contribution in [1.82, 2.24) is 0 Å². The highest BCUT2D eigenvalue weighted by Gasteiger charge is 2.15. The van der Waals surface area contributed by atoms with Crippen LogP contribution in [0.5, 0.6) is 0 Å². The normalized spacial score (nSPS) is 15.8. The highest BCUT2D eigenvalue weighted by molar-refractivity contribution is 5.96. The number of nitrogens with zero attached hydrogens (tertiary/aromatic N) is 2. The Morgan fingerprint density at radius 3 is 3.00 bits per heavy atom. The van der Waals surface area contributed by atoms with Crippen molar-refractivity contribution in [1.29, 1.82) is 0 Å². The van der Waals surface area contributed by atoms with Gasteiger partial charge in [0.2, 0.25) is 0 Å². The number of hydrogen-bond acceptors (Lipinski definition) is 3. The first kappa shape index (κ1) is 9.06. The molecule has 0 radical (unpaired) electrons. The molecule has 0 saturated heterocycles. The average molecular weight is 189 g/mol. The molecule has 1 aliphatic heterocycles. The van der Waals surface area contributed by atoms with Crippen molar-refractivity contribution in [2.45, 2.75) is 13.3 Å². The van der Waals surface area contributed by atoms with Gasteiger partial charge in [-0.2, -0.15) is 0 Å². The van der Waals surface area contributed by atoms with Crippen molar-refractivity contribution in [2.75, 3.05) is 18.0 Å². The molecule has 0 spiro atoms. The SMILES string of the molecule is CCc1cccc(N2CCN=C2N)c1. The molecule has 0 saturated carbocycles. The fourth-order valence-electron chi connectivity index (χ4n) is 1.67. The molecule has 0 amide bonds. The molecule has 1 aliphatic rings. The van der Waals surface area contributed by atoms with Gasteiger partial charge in [0, 0.05) is 12.2 Å². The molecule has 1 heterocycles. The number of nitrogens with two attached hydrogens (primary N) is 1. The molecule has 0 atom stereocenters. The maximum absolute atomic E-state index is 5.78. The first-order valence-electron chi connectivity index (χ1n) is 4.97. The lowest BCUT2D eigenvalue weighted by Gasteiger charge is -2.17. The summed E-state index contributed by atoms with van der Waals surface area (Å²) < 4.78 is 0. The summed E-state index contributed by atoms with van der Waals surface area (Å²) in [6, 6.07) is 8.45. The van der Waals surface area contributed by atoms with Crippen LogP contribution in [-0.2, 0) is 6.42 Å². The van der Waals surface area contributed by atoms with Crippen LogP contribution in [0.3, 0.4) is 0 Å². The lowest BCUT2D eigenvalue weighted by Crippen LogP contribution is -2.33. The Kier molecular flexibility index (Phi) is 2.39. The lowest BCUT2D eigenvalue weighted by molar-refractivity contribution is 1.02. The second-order valence-corrected chi connectivity index (χ2v) is 3.42. The van der Waals surface area contributed by atoms with Crippen LogP contribution in [0.1, 0.15) is 12.5 Å². The van der Waals surface area contributed by atoms with Gasteiger partial charge in [0.15, 0.2) is 5.96 Å². The summed E-state index contributed by atoms with van der Waals surface area (Å²) in [6.07, 6.45) is 1.05. The molecule has 2 N–H and O–H groups in total. The summed E-state index contributed by atoms with van der Waals surface area (Å²) in [5.74, 6) is 0.637. The summed E-state index contributed by atoms with van der Waals surface area (Å²) in [7, 11) is 0. The molecule has 0 fully saturated rings. The van der Waals surface area contributed by atoms with Gasteiger partial charge in [0.25, 0.3) is 0 Å². The van der Waals surface area contributed by atoms with E-state index in [4.69, 9.17) is 5.73 Å². The standard InChI is InChI=1S/C11H15N3/c1-2-9-4-3-5-10(8-9)14-7-6-13-11(14)12/h3-5,8H,2,6-7H2,1H3,(H2,12,13). The van der Waals surface area contributed by atoms with E-state index in [2.05, 4.69) is 41.1 Å². The summed E-state index contributed by atoms with van der Waals surface area (Å²) in [6.45, 7) is 3.86. The summed E-state index contributed by atoms with van der Waals surface area (Å²) in [4.78, 5) is 6.22. The smallest absolute Gasteiger partial charge is 0.195 e. The fraction of sp³-hybridized carbons (Fsp3) is 0.364. The van der Waals surface area contributed by atoms with Gasteiger partial charge in [-0.1, -0.05) is 19.1 Å². The topological polar surface area (TPSA) is 41.6 Å². The average Bonchev–Trinajstić information content (AvgIpc) is 2.65. The predicted octanol–water partition coefficient (Wildman–Crippen LogP) is 1.38. The van der Waals surface area contributed by atoms with Gasteiger partial charge < -0.3 is 10.6 Å². The number of aliphatic imine (C=N–C) groups is 1. The number of benzene rings is 1. The van der Waals surface area contributed by atoms with Gasteiger partial charge in [-0.25, -0.2) is 0 Å². The minimum absolute atomic E-state index is 0.637. The second kappa shape index (κ2) is 3.70. The lowest BCUT2D eigenvalue weighted by atomic mass is 10.1. The second-order valence-electron chi connectivity index (χ2n) is 3.42. The van der Waals surface area contributed by atoms with Crippen molar-refractivity contribution < 1.29 is 0 Å². The minimum atomic E-state index is 0.637. The van der Waals surface area contributed by atoms with E-state index in [-0.39, 0.29) is 0 Å². The van der Waals surface area contributed by atoms with E-state index in [0.717, 1.165) is 25.2 Å². The van der Waals surface area contributed by atoms with Crippen LogP contribution in [0.15, 0.2) is 29.3 Å². The van der Waals surface area contributed by atoms with Gasteiger partial charge in [-0.05, 0) is 24.1 Å². The van der Waals surface area contributed by atoms with Crippen molar-refractivity contribution in [2.24, 2.45) is 10.7 Å². The van der Waals surface area contributed by atoms with Crippen LogP contribution in [0.4, 0.5) is 5.69 Å². The summed E-state index contributed by atoms with van der Waals surface area (Å²) in [5.41, 5.74) is 8.27. The number of rotatable bonds is 2. The highest BCUT2D eigenvalue weighted by atomic mass is 15.3. The third kappa shape index (κ3) is 1.58. The van der Waals surface area contributed by atoms with Crippen LogP contribution >= 0.6 is 0 Å². The van der Waals surface area contributed by atoms with E-state index < -0.39 is 0 Å². The molecule has 3 heteroatoms. The molecule has 14 heavy (non-hydrogen) atoms. The Morgan fingerprint density at radius 1 is 1.50 bits per heavy atom. The molecule has 3 nitrogen and oxygen atoms in total. The third-order valence-corrected chi connectivity index (χ3v) is 2.50. The Balaban J connectivity index is 2.27. The van der Waals surface area contributed by atoms with Crippen molar-refractivity contribution in [3.63, 3.8) is 0 Å². The van der Waals surface area contributed by atoms with Gasteiger partial charge >= 0.3 is 0 Å². The maximum Gasteiger partial charge on any atom is 0.195 e. The van der Waals surface area contributed by atoms with E-state index in [1.807, 2.05) is 0 Å². The predicted molar refractivity (Wildman–Crippen MR) is 59.7 cm³/mol. The fourth-order valence-corrected chi connectivity index (χ4v) is 1.67. The molecule has 0 unspecified atom stereocenters. The van der Waals surface area contributed by atoms with Crippen molar-refractivity contribution in [3.05, 3.63) is 29.8 Å². The highest BCUT2D eigenvalue weighted by Crippen LogP contribution is 2.18. The van der Waals surface area contributed by atoms with Gasteiger partial charge in [0.05, 0.1) is 6.54 Å². The van der Waals surface area contributed by atoms with Crippen LogP contribution in [-0.4, -0.2) is 19.0 Å². The number of hydrogen-bond donors (Lipinski definition) is 1. The summed E-state index contributed by atoms with van der Waals surface area (Å²) >= 11 is 0. The quantitative estimate of drug-likeness (QED) is 0.763. The largest absolute Gasteiger partial charge is 0.370 e. The molecular formula is C11H15N3. The molecule has 1 aromatic rings. The van der Waals surface area contributed by atoms with E-state index in [9.17, 15) is 0 Å². The van der Waals surface area contributed by atoms with E-state index in [0.29, 0.717) is 5.96 Å². The first-order chi connectivity index (χ1) is 6.81. The Bertz CT molecular complexity index is 357. The number of anilines is 1. The van der Waals surface area contributed by atoms with Crippen LogP contribution in [0.25, 0.3) is 0 Å². The van der Waals surface area contributed by atoms with Gasteiger partial charge in [-0.3, -0.25) is 4.99 Å². The molecule has 0 aliphatic carbocycles. The molecule has 0 aromatic heterocycles. The van der Waals surface area contributed by atoms with Crippen LogP contribution < -0.4 is 10.6 Å². The van der Waals surface area contributed by atoms with Crippen LogP contribution in [0.2, 0.25) is 0 Å². The maximum atomic E-state index is 5.78. The zero-order valence-electron chi connectivity index (χ0n) is 8.40. The van der Waals surface area contributed by atoms with Crippen molar-refractivity contribution in [3.8, 4) is 0 Å². The monoisotopic (exact) mass is 189 g/mol. The Labute approximate surface area is 84.2 Å². The summed E-state index contributed by atoms with van der Waals surface area (Å²) in [5, 5.41) is 0. The Hall–Kier alpha value is -1.51. The molecule has 2 rings (SSSR count). The molecule has 74 valence electrons. The Morgan fingerprint density at radius 2 is 2.36 bits per heavy atom. The first-order valence-corrected chi connectivity index (χ1v) is 4.97. The number of guanidine groups is 1. The minimum Gasteiger partial charge on any atom is -0.370 e. The zero-order valence-corrected chi connectivity index (χ0v) is 8.40.